The molecule has 1 fully saturated rings. The van der Waals surface area contributed by atoms with E-state index in [0.29, 0.717) is 24.6 Å². The molecule has 7 heteroatoms. The normalized spacial score (nSPS) is 18.8. The van der Waals surface area contributed by atoms with Gasteiger partial charge in [0.1, 0.15) is 0 Å². The van der Waals surface area contributed by atoms with Crippen LogP contribution in [0.5, 0.6) is 0 Å². The molecule has 1 unspecified atom stereocenters. The van der Waals surface area contributed by atoms with Gasteiger partial charge in [0.25, 0.3) is 0 Å². The number of halogens is 3. The monoisotopic (exact) mass is 379 g/mol. The maximum Gasteiger partial charge on any atom is 0.416 e. The van der Waals surface area contributed by atoms with Gasteiger partial charge in [-0.05, 0) is 43.5 Å². The van der Waals surface area contributed by atoms with Crippen molar-refractivity contribution < 1.29 is 18.0 Å². The van der Waals surface area contributed by atoms with E-state index >= 15 is 0 Å². The van der Waals surface area contributed by atoms with Crippen molar-refractivity contribution in [3.8, 4) is 0 Å². The van der Waals surface area contributed by atoms with Crippen LogP contribution in [-0.4, -0.2) is 34.0 Å². The number of alkyl halides is 3. The van der Waals surface area contributed by atoms with Crippen LogP contribution in [-0.2, 0) is 12.7 Å². The highest BCUT2D eigenvalue weighted by molar-refractivity contribution is 5.98. The fourth-order valence-corrected chi connectivity index (χ4v) is 3.47. The summed E-state index contributed by atoms with van der Waals surface area (Å²) in [5, 5.41) is 7.35. The summed E-state index contributed by atoms with van der Waals surface area (Å²) >= 11 is 0. The molecule has 1 aliphatic rings. The molecule has 1 atom stereocenters. The number of carbonyl (C=O) groups is 1. The molecule has 1 saturated heterocycles. The number of H-pyrrole nitrogens is 1. The van der Waals surface area contributed by atoms with Crippen LogP contribution in [0.1, 0.15) is 59.9 Å². The van der Waals surface area contributed by atoms with Gasteiger partial charge in [-0.15, -0.1) is 0 Å². The number of piperidine rings is 1. The summed E-state index contributed by atoms with van der Waals surface area (Å²) in [7, 11) is 0. The molecule has 0 radical (unpaired) electrons. The summed E-state index contributed by atoms with van der Waals surface area (Å²) in [5.74, 6) is 0.0780. The number of ketones is 1. The van der Waals surface area contributed by atoms with Crippen molar-refractivity contribution >= 4 is 5.78 Å². The van der Waals surface area contributed by atoms with Crippen LogP contribution in [0.25, 0.3) is 0 Å². The number of benzene rings is 1. The molecular weight excluding hydrogens is 355 g/mol. The van der Waals surface area contributed by atoms with E-state index in [-0.39, 0.29) is 11.7 Å². The highest BCUT2D eigenvalue weighted by atomic mass is 19.4. The van der Waals surface area contributed by atoms with Crippen molar-refractivity contribution in [2.45, 2.75) is 45.3 Å². The number of rotatable bonds is 5. The van der Waals surface area contributed by atoms with Gasteiger partial charge in [0.2, 0.25) is 0 Å². The average Bonchev–Trinajstić information content (AvgIpc) is 3.09. The summed E-state index contributed by atoms with van der Waals surface area (Å²) in [6, 6.07) is 6.57. The predicted molar refractivity (Wildman–Crippen MR) is 96.5 cm³/mol. The Morgan fingerprint density at radius 3 is 2.59 bits per heavy atom. The van der Waals surface area contributed by atoms with Gasteiger partial charge in [0, 0.05) is 30.3 Å². The SMILES string of the molecule is CC(C)c1cc(CN2CCCC(C(=O)c3ccc(C(F)(F)F)cc3)C2)[nH]n1. The average molecular weight is 379 g/mol. The zero-order valence-corrected chi connectivity index (χ0v) is 15.5. The molecule has 146 valence electrons. The van der Waals surface area contributed by atoms with Crippen molar-refractivity contribution in [2.75, 3.05) is 13.1 Å². The van der Waals surface area contributed by atoms with E-state index in [2.05, 4.69) is 28.9 Å². The summed E-state index contributed by atoms with van der Waals surface area (Å²) in [6.07, 6.45) is -2.74. The molecule has 4 nitrogen and oxygen atoms in total. The Labute approximate surface area is 156 Å². The van der Waals surface area contributed by atoms with Gasteiger partial charge >= 0.3 is 6.18 Å². The highest BCUT2D eigenvalue weighted by Gasteiger charge is 2.31. The van der Waals surface area contributed by atoms with Gasteiger partial charge in [-0.1, -0.05) is 26.0 Å². The summed E-state index contributed by atoms with van der Waals surface area (Å²) in [4.78, 5) is 14.9. The second-order valence-corrected chi connectivity index (χ2v) is 7.49. The third-order valence-electron chi connectivity index (χ3n) is 5.01. The third-order valence-corrected chi connectivity index (χ3v) is 5.01. The van der Waals surface area contributed by atoms with Crippen LogP contribution in [0.2, 0.25) is 0 Å². The molecule has 2 heterocycles. The molecule has 0 amide bonds. The second-order valence-electron chi connectivity index (χ2n) is 7.49. The lowest BCUT2D eigenvalue weighted by molar-refractivity contribution is -0.137. The van der Waals surface area contributed by atoms with Gasteiger partial charge in [-0.3, -0.25) is 14.8 Å². The van der Waals surface area contributed by atoms with E-state index in [1.54, 1.807) is 0 Å². The number of hydrogen-bond donors (Lipinski definition) is 1. The minimum atomic E-state index is -4.39. The number of hydrogen-bond acceptors (Lipinski definition) is 3. The van der Waals surface area contributed by atoms with Crippen LogP contribution in [0.15, 0.2) is 30.3 Å². The Balaban J connectivity index is 1.63. The van der Waals surface area contributed by atoms with Crippen molar-refractivity contribution in [3.63, 3.8) is 0 Å². The Kier molecular flexibility index (Phi) is 5.69. The number of aromatic nitrogens is 2. The van der Waals surface area contributed by atoms with Crippen LogP contribution in [0.3, 0.4) is 0 Å². The molecule has 0 spiro atoms. The van der Waals surface area contributed by atoms with Crippen molar-refractivity contribution in [2.24, 2.45) is 5.92 Å². The number of aromatic amines is 1. The second kappa shape index (κ2) is 7.84. The van der Waals surface area contributed by atoms with Crippen LogP contribution >= 0.6 is 0 Å². The zero-order valence-electron chi connectivity index (χ0n) is 15.5. The zero-order chi connectivity index (χ0) is 19.6. The van der Waals surface area contributed by atoms with E-state index in [1.165, 1.54) is 12.1 Å². The van der Waals surface area contributed by atoms with Gasteiger partial charge in [0.15, 0.2) is 5.78 Å². The lowest BCUT2D eigenvalue weighted by Gasteiger charge is -2.31. The van der Waals surface area contributed by atoms with Crippen LogP contribution in [0, 0.1) is 5.92 Å². The largest absolute Gasteiger partial charge is 0.416 e. The van der Waals surface area contributed by atoms with Crippen LogP contribution < -0.4 is 0 Å². The quantitative estimate of drug-likeness (QED) is 0.770. The minimum absolute atomic E-state index is 0.0825. The number of nitrogens with one attached hydrogen (secondary N) is 1. The standard InChI is InChI=1S/C20H24F3N3O/c1-13(2)18-10-17(24-25-18)12-26-9-3-4-15(11-26)19(27)14-5-7-16(8-6-14)20(21,22)23/h5-8,10,13,15H,3-4,9,11-12H2,1-2H3,(H,24,25). The molecule has 2 aromatic rings. The third kappa shape index (κ3) is 4.77. The summed E-state index contributed by atoms with van der Waals surface area (Å²) in [6.45, 7) is 6.36. The molecule has 0 aliphatic carbocycles. The van der Waals surface area contributed by atoms with Gasteiger partial charge in [-0.25, -0.2) is 0 Å². The van der Waals surface area contributed by atoms with Crippen molar-refractivity contribution in [3.05, 3.63) is 52.8 Å². The first-order valence-electron chi connectivity index (χ1n) is 9.22. The molecule has 1 N–H and O–H groups in total. The fourth-order valence-electron chi connectivity index (χ4n) is 3.47. The smallest absolute Gasteiger partial charge is 0.297 e. The van der Waals surface area contributed by atoms with E-state index in [0.717, 1.165) is 42.9 Å². The Hall–Kier alpha value is -2.15. The Bertz CT molecular complexity index is 781. The molecule has 1 aromatic carbocycles. The molecule has 27 heavy (non-hydrogen) atoms. The van der Waals surface area contributed by atoms with Crippen molar-refractivity contribution in [1.82, 2.24) is 15.1 Å². The van der Waals surface area contributed by atoms with Crippen molar-refractivity contribution in [1.29, 1.82) is 0 Å². The number of Topliss-reactive ketones (excluding diaryl/α,β-unsaturated/α-hetero) is 1. The number of carbonyl (C=O) groups excluding carboxylic acids is 1. The Morgan fingerprint density at radius 1 is 1.30 bits per heavy atom. The van der Waals surface area contributed by atoms with E-state index in [4.69, 9.17) is 0 Å². The molecular formula is C20H24F3N3O. The summed E-state index contributed by atoms with van der Waals surface area (Å²) in [5.41, 5.74) is 1.64. The minimum Gasteiger partial charge on any atom is -0.297 e. The fraction of sp³-hybridized carbons (Fsp3) is 0.500. The van der Waals surface area contributed by atoms with E-state index < -0.39 is 11.7 Å². The number of nitrogens with zero attached hydrogens (tertiary/aromatic N) is 2. The van der Waals surface area contributed by atoms with Crippen LogP contribution in [0.4, 0.5) is 13.2 Å². The Morgan fingerprint density at radius 2 is 2.00 bits per heavy atom. The number of likely N-dealkylation sites (tertiary alicyclic amines) is 1. The van der Waals surface area contributed by atoms with Gasteiger partial charge in [0.05, 0.1) is 11.3 Å². The topological polar surface area (TPSA) is 49.0 Å². The summed E-state index contributed by atoms with van der Waals surface area (Å²) < 4.78 is 38.1. The first-order valence-corrected chi connectivity index (χ1v) is 9.22. The molecule has 0 saturated carbocycles. The lowest BCUT2D eigenvalue weighted by Crippen LogP contribution is -2.38. The molecule has 1 aromatic heterocycles. The van der Waals surface area contributed by atoms with E-state index in [9.17, 15) is 18.0 Å². The van der Waals surface area contributed by atoms with Gasteiger partial charge in [-0.2, -0.15) is 18.3 Å². The lowest BCUT2D eigenvalue weighted by atomic mass is 9.89. The molecule has 0 bridgehead atoms. The molecule has 1 aliphatic heterocycles. The maximum atomic E-state index is 12.7. The molecule has 3 rings (SSSR count). The van der Waals surface area contributed by atoms with Gasteiger partial charge < -0.3 is 0 Å². The maximum absolute atomic E-state index is 12.7. The van der Waals surface area contributed by atoms with E-state index in [1.807, 2.05) is 6.07 Å². The predicted octanol–water partition coefficient (Wildman–Crippen LogP) is 4.65. The highest BCUT2D eigenvalue weighted by Crippen LogP contribution is 2.30. The first-order chi connectivity index (χ1) is 12.7. The first kappa shape index (κ1) is 19.6.